The highest BCUT2D eigenvalue weighted by atomic mass is 19.4. The minimum absolute atomic E-state index is 0.193. The third kappa shape index (κ3) is 4.84. The molecule has 0 saturated carbocycles. The highest BCUT2D eigenvalue weighted by Gasteiger charge is 2.37. The number of hydrogen-bond acceptors (Lipinski definition) is 4. The quantitative estimate of drug-likeness (QED) is 0.910. The van der Waals surface area contributed by atoms with E-state index >= 15 is 0 Å². The van der Waals surface area contributed by atoms with Gasteiger partial charge in [-0.05, 0) is 37.5 Å². The van der Waals surface area contributed by atoms with Crippen LogP contribution in [0.15, 0.2) is 24.5 Å². The summed E-state index contributed by atoms with van der Waals surface area (Å²) in [5.41, 5.74) is 0.836. The molecule has 0 aliphatic carbocycles. The molecule has 2 atom stereocenters. The van der Waals surface area contributed by atoms with E-state index in [9.17, 15) is 22.8 Å². The lowest BCUT2D eigenvalue weighted by Crippen LogP contribution is -2.47. The standard InChI is InChI=1S/C15H18F3N3O3/c1-10(11-4-6-19-7-5-11)20-13(22)12-3-2-8-21(12)14(23)24-9-15(16,17)18/h4-7,10,12H,2-3,8-9H2,1H3,(H,20,22). The number of nitrogens with one attached hydrogen (secondary N) is 1. The third-order valence-corrected chi connectivity index (χ3v) is 3.71. The second-order valence-corrected chi connectivity index (χ2v) is 5.53. The van der Waals surface area contributed by atoms with Crippen molar-refractivity contribution < 1.29 is 27.5 Å². The van der Waals surface area contributed by atoms with Gasteiger partial charge >= 0.3 is 12.3 Å². The summed E-state index contributed by atoms with van der Waals surface area (Å²) in [5, 5.41) is 2.76. The number of likely N-dealkylation sites (tertiary alicyclic amines) is 1. The fourth-order valence-electron chi connectivity index (χ4n) is 2.53. The molecule has 6 nitrogen and oxygen atoms in total. The second kappa shape index (κ2) is 7.50. The summed E-state index contributed by atoms with van der Waals surface area (Å²) in [5.74, 6) is -0.416. The molecule has 1 aliphatic rings. The van der Waals surface area contributed by atoms with E-state index in [1.54, 1.807) is 31.5 Å². The Bertz CT molecular complexity index is 580. The molecule has 2 unspecified atom stereocenters. The van der Waals surface area contributed by atoms with E-state index < -0.39 is 30.8 Å². The fraction of sp³-hybridized carbons (Fsp3) is 0.533. The molecule has 0 radical (unpaired) electrons. The fourth-order valence-corrected chi connectivity index (χ4v) is 2.53. The number of carbonyl (C=O) groups is 2. The van der Waals surface area contributed by atoms with Crippen LogP contribution in [-0.4, -0.2) is 47.3 Å². The van der Waals surface area contributed by atoms with Crippen LogP contribution in [0.4, 0.5) is 18.0 Å². The monoisotopic (exact) mass is 345 g/mol. The molecule has 1 aromatic heterocycles. The molecule has 0 bridgehead atoms. The van der Waals surface area contributed by atoms with E-state index in [-0.39, 0.29) is 12.6 Å². The highest BCUT2D eigenvalue weighted by molar-refractivity contribution is 5.86. The molecule has 24 heavy (non-hydrogen) atoms. The van der Waals surface area contributed by atoms with Gasteiger partial charge in [0.15, 0.2) is 6.61 Å². The maximum atomic E-state index is 12.3. The zero-order chi connectivity index (χ0) is 17.7. The van der Waals surface area contributed by atoms with Gasteiger partial charge in [-0.3, -0.25) is 14.7 Å². The number of alkyl halides is 3. The van der Waals surface area contributed by atoms with E-state index in [1.165, 1.54) is 0 Å². The van der Waals surface area contributed by atoms with Gasteiger partial charge in [0, 0.05) is 18.9 Å². The van der Waals surface area contributed by atoms with Crippen LogP contribution in [0.1, 0.15) is 31.4 Å². The van der Waals surface area contributed by atoms with Crippen molar-refractivity contribution in [1.82, 2.24) is 15.2 Å². The Hall–Kier alpha value is -2.32. The Morgan fingerprint density at radius 3 is 2.71 bits per heavy atom. The lowest BCUT2D eigenvalue weighted by Gasteiger charge is -2.25. The SMILES string of the molecule is CC(NC(=O)C1CCCN1C(=O)OCC(F)(F)F)c1ccncc1. The van der Waals surface area contributed by atoms with Crippen molar-refractivity contribution in [2.75, 3.05) is 13.2 Å². The van der Waals surface area contributed by atoms with Crippen molar-refractivity contribution in [2.24, 2.45) is 0 Å². The molecule has 132 valence electrons. The van der Waals surface area contributed by atoms with Crippen molar-refractivity contribution in [3.63, 3.8) is 0 Å². The first-order valence-electron chi connectivity index (χ1n) is 7.48. The van der Waals surface area contributed by atoms with Crippen molar-refractivity contribution in [2.45, 2.75) is 38.0 Å². The Morgan fingerprint density at radius 2 is 2.08 bits per heavy atom. The zero-order valence-electron chi connectivity index (χ0n) is 13.0. The lowest BCUT2D eigenvalue weighted by molar-refractivity contribution is -0.162. The van der Waals surface area contributed by atoms with Gasteiger partial charge in [-0.1, -0.05) is 0 Å². The Kier molecular flexibility index (Phi) is 5.63. The van der Waals surface area contributed by atoms with Gasteiger partial charge in [0.25, 0.3) is 0 Å². The van der Waals surface area contributed by atoms with E-state index in [2.05, 4.69) is 15.0 Å². The Labute approximate surface area is 137 Å². The first-order chi connectivity index (χ1) is 11.3. The van der Waals surface area contributed by atoms with Crippen LogP contribution in [0.25, 0.3) is 0 Å². The molecule has 1 saturated heterocycles. The first-order valence-corrected chi connectivity index (χ1v) is 7.48. The maximum Gasteiger partial charge on any atom is 0.422 e. The van der Waals surface area contributed by atoms with Crippen LogP contribution in [0.2, 0.25) is 0 Å². The van der Waals surface area contributed by atoms with E-state index in [1.807, 2.05) is 0 Å². The van der Waals surface area contributed by atoms with Crippen LogP contribution in [-0.2, 0) is 9.53 Å². The molecular weight excluding hydrogens is 327 g/mol. The van der Waals surface area contributed by atoms with Crippen molar-refractivity contribution >= 4 is 12.0 Å². The van der Waals surface area contributed by atoms with Gasteiger partial charge < -0.3 is 10.1 Å². The summed E-state index contributed by atoms with van der Waals surface area (Å²) in [7, 11) is 0. The molecule has 0 spiro atoms. The average molecular weight is 345 g/mol. The van der Waals surface area contributed by atoms with Gasteiger partial charge in [-0.15, -0.1) is 0 Å². The summed E-state index contributed by atoms with van der Waals surface area (Å²) in [4.78, 5) is 29.1. The largest absolute Gasteiger partial charge is 0.440 e. The zero-order valence-corrected chi connectivity index (χ0v) is 13.0. The minimum atomic E-state index is -4.59. The van der Waals surface area contributed by atoms with Gasteiger partial charge in [-0.2, -0.15) is 13.2 Å². The summed E-state index contributed by atoms with van der Waals surface area (Å²) in [6.07, 6.45) is -1.62. The average Bonchev–Trinajstić information content (AvgIpc) is 3.02. The van der Waals surface area contributed by atoms with Crippen LogP contribution >= 0.6 is 0 Å². The van der Waals surface area contributed by atoms with Crippen LogP contribution < -0.4 is 5.32 Å². The molecular formula is C15H18F3N3O3. The van der Waals surface area contributed by atoms with Gasteiger partial charge in [0.2, 0.25) is 5.91 Å². The summed E-state index contributed by atoms with van der Waals surface area (Å²) >= 11 is 0. The van der Waals surface area contributed by atoms with Crippen LogP contribution in [0, 0.1) is 0 Å². The molecule has 1 aromatic rings. The van der Waals surface area contributed by atoms with Gasteiger partial charge in [0.1, 0.15) is 6.04 Å². The maximum absolute atomic E-state index is 12.3. The first kappa shape index (κ1) is 18.0. The molecule has 1 N–H and O–H groups in total. The van der Waals surface area contributed by atoms with Crippen LogP contribution in [0.5, 0.6) is 0 Å². The normalized spacial score (nSPS) is 19.0. The number of aromatic nitrogens is 1. The van der Waals surface area contributed by atoms with Gasteiger partial charge in [-0.25, -0.2) is 4.79 Å². The molecule has 2 amide bonds. The number of halogens is 3. The number of rotatable bonds is 4. The molecule has 9 heteroatoms. The lowest BCUT2D eigenvalue weighted by atomic mass is 10.1. The second-order valence-electron chi connectivity index (χ2n) is 5.53. The predicted molar refractivity (Wildman–Crippen MR) is 77.9 cm³/mol. The van der Waals surface area contributed by atoms with Crippen molar-refractivity contribution in [3.05, 3.63) is 30.1 Å². The molecule has 0 aromatic carbocycles. The molecule has 2 rings (SSSR count). The number of ether oxygens (including phenoxy) is 1. The Balaban J connectivity index is 1.94. The number of pyridine rings is 1. The third-order valence-electron chi connectivity index (χ3n) is 3.71. The number of hydrogen-bond donors (Lipinski definition) is 1. The minimum Gasteiger partial charge on any atom is -0.440 e. The smallest absolute Gasteiger partial charge is 0.422 e. The molecule has 2 heterocycles. The van der Waals surface area contributed by atoms with Crippen molar-refractivity contribution in [1.29, 1.82) is 0 Å². The summed E-state index contributed by atoms with van der Waals surface area (Å²) in [6, 6.07) is 2.35. The van der Waals surface area contributed by atoms with Crippen molar-refractivity contribution in [3.8, 4) is 0 Å². The number of nitrogens with zero attached hydrogens (tertiary/aromatic N) is 2. The van der Waals surface area contributed by atoms with Crippen LogP contribution in [0.3, 0.4) is 0 Å². The predicted octanol–water partition coefficient (Wildman–Crippen LogP) is 2.42. The highest BCUT2D eigenvalue weighted by Crippen LogP contribution is 2.22. The molecule has 1 fully saturated rings. The van der Waals surface area contributed by atoms with E-state index in [0.29, 0.717) is 12.8 Å². The molecule has 1 aliphatic heterocycles. The van der Waals surface area contributed by atoms with Gasteiger partial charge in [0.05, 0.1) is 6.04 Å². The topological polar surface area (TPSA) is 71.5 Å². The van der Waals surface area contributed by atoms with E-state index in [4.69, 9.17) is 0 Å². The summed E-state index contributed by atoms with van der Waals surface area (Å²) < 4.78 is 40.6. The number of carbonyl (C=O) groups excluding carboxylic acids is 2. The van der Waals surface area contributed by atoms with E-state index in [0.717, 1.165) is 10.5 Å². The Morgan fingerprint density at radius 1 is 1.42 bits per heavy atom. The number of amides is 2. The summed E-state index contributed by atoms with van der Waals surface area (Å²) in [6.45, 7) is 0.303.